The average Bonchev–Trinajstić information content (AvgIpc) is 2.47. The first-order valence-electron chi connectivity index (χ1n) is 5.65. The summed E-state index contributed by atoms with van der Waals surface area (Å²) in [5.74, 6) is 0. The Bertz CT molecular complexity index is 187. The third kappa shape index (κ3) is 1.31. The quantitative estimate of drug-likeness (QED) is 0.651. The molecule has 0 saturated heterocycles. The van der Waals surface area contributed by atoms with Crippen LogP contribution in [0.25, 0.3) is 0 Å². The zero-order valence-corrected chi connectivity index (χ0v) is 8.39. The van der Waals surface area contributed by atoms with Gasteiger partial charge in [-0.2, -0.15) is 0 Å². The van der Waals surface area contributed by atoms with Gasteiger partial charge in [0.1, 0.15) is 0 Å². The highest BCUT2D eigenvalue weighted by atomic mass is 16.3. The van der Waals surface area contributed by atoms with Gasteiger partial charge in [0.2, 0.25) is 0 Å². The molecular weight excluding hydrogens is 162 g/mol. The fraction of sp³-hybridized carbons (Fsp3) is 1.00. The second-order valence-electron chi connectivity index (χ2n) is 4.93. The lowest BCUT2D eigenvalue weighted by molar-refractivity contribution is -0.0728. The molecule has 0 aromatic rings. The number of hydrogen-bond acceptors (Lipinski definition) is 2. The molecule has 0 aromatic carbocycles. The van der Waals surface area contributed by atoms with Crippen LogP contribution in [0.5, 0.6) is 0 Å². The van der Waals surface area contributed by atoms with Crippen LogP contribution >= 0.6 is 0 Å². The molecule has 2 nitrogen and oxygen atoms in total. The fourth-order valence-electron chi connectivity index (χ4n) is 3.48. The minimum absolute atomic E-state index is 0.208. The highest BCUT2D eigenvalue weighted by Gasteiger charge is 2.52. The molecule has 1 unspecified atom stereocenters. The Kier molecular flexibility index (Phi) is 2.37. The summed E-state index contributed by atoms with van der Waals surface area (Å²) in [4.78, 5) is 0. The topological polar surface area (TPSA) is 46.2 Å². The first-order chi connectivity index (χ1) is 6.22. The van der Waals surface area contributed by atoms with Crippen LogP contribution < -0.4 is 5.73 Å². The summed E-state index contributed by atoms with van der Waals surface area (Å²) >= 11 is 0. The summed E-state index contributed by atoms with van der Waals surface area (Å²) in [6.07, 6.45) is 9.67. The standard InChI is InChI=1S/C11H21NO/c12-9-11(13)8-4-7-10(11)5-2-1-3-6-10/h13H,1-9,12H2. The van der Waals surface area contributed by atoms with Crippen molar-refractivity contribution in [3.05, 3.63) is 0 Å². The lowest BCUT2D eigenvalue weighted by Crippen LogP contribution is -2.50. The van der Waals surface area contributed by atoms with E-state index in [9.17, 15) is 5.11 Å². The molecule has 0 heterocycles. The van der Waals surface area contributed by atoms with Gasteiger partial charge < -0.3 is 10.8 Å². The first-order valence-corrected chi connectivity index (χ1v) is 5.65. The molecule has 76 valence electrons. The number of rotatable bonds is 1. The van der Waals surface area contributed by atoms with E-state index < -0.39 is 5.60 Å². The Morgan fingerprint density at radius 3 is 2.15 bits per heavy atom. The minimum atomic E-state index is -0.520. The highest BCUT2D eigenvalue weighted by Crippen LogP contribution is 2.54. The van der Waals surface area contributed by atoms with Gasteiger partial charge in [0.15, 0.2) is 0 Å². The van der Waals surface area contributed by atoms with Gasteiger partial charge in [-0.3, -0.25) is 0 Å². The highest BCUT2D eigenvalue weighted by molar-refractivity contribution is 5.05. The summed E-state index contributed by atoms with van der Waals surface area (Å²) in [7, 11) is 0. The van der Waals surface area contributed by atoms with E-state index in [0.717, 1.165) is 6.42 Å². The molecular formula is C11H21NO. The maximum Gasteiger partial charge on any atom is 0.0825 e. The van der Waals surface area contributed by atoms with Gasteiger partial charge in [0, 0.05) is 12.0 Å². The molecule has 13 heavy (non-hydrogen) atoms. The Labute approximate surface area is 80.5 Å². The molecule has 2 aliphatic carbocycles. The Morgan fingerprint density at radius 2 is 1.54 bits per heavy atom. The molecule has 0 bridgehead atoms. The molecule has 2 saturated carbocycles. The average molecular weight is 183 g/mol. The third-order valence-electron chi connectivity index (χ3n) is 4.38. The normalized spacial score (nSPS) is 38.3. The van der Waals surface area contributed by atoms with Crippen molar-refractivity contribution in [2.24, 2.45) is 11.1 Å². The Morgan fingerprint density at radius 1 is 0.923 bits per heavy atom. The van der Waals surface area contributed by atoms with E-state index in [-0.39, 0.29) is 5.41 Å². The smallest absolute Gasteiger partial charge is 0.0825 e. The third-order valence-corrected chi connectivity index (χ3v) is 4.38. The van der Waals surface area contributed by atoms with Gasteiger partial charge in [-0.15, -0.1) is 0 Å². The molecule has 0 aliphatic heterocycles. The summed E-state index contributed by atoms with van der Waals surface area (Å²) in [5, 5.41) is 10.5. The summed E-state index contributed by atoms with van der Waals surface area (Å²) in [6, 6.07) is 0. The van der Waals surface area contributed by atoms with Crippen molar-refractivity contribution in [1.29, 1.82) is 0 Å². The maximum atomic E-state index is 10.5. The van der Waals surface area contributed by atoms with Gasteiger partial charge in [-0.25, -0.2) is 0 Å². The van der Waals surface area contributed by atoms with Crippen LogP contribution in [0, 0.1) is 5.41 Å². The van der Waals surface area contributed by atoms with E-state index in [2.05, 4.69) is 0 Å². The van der Waals surface area contributed by atoms with Crippen LogP contribution in [0.1, 0.15) is 51.4 Å². The van der Waals surface area contributed by atoms with Gasteiger partial charge >= 0.3 is 0 Å². The van der Waals surface area contributed by atoms with Crippen LogP contribution in [-0.4, -0.2) is 17.3 Å². The second-order valence-corrected chi connectivity index (χ2v) is 4.93. The molecule has 0 radical (unpaired) electrons. The zero-order chi connectivity index (χ0) is 9.36. The van der Waals surface area contributed by atoms with E-state index in [1.807, 2.05) is 0 Å². The summed E-state index contributed by atoms with van der Waals surface area (Å²) in [5.41, 5.74) is 5.41. The molecule has 3 N–H and O–H groups in total. The predicted octanol–water partition coefficient (Wildman–Crippen LogP) is 1.81. The lowest BCUT2D eigenvalue weighted by Gasteiger charge is -2.44. The molecule has 2 aliphatic rings. The molecule has 2 fully saturated rings. The molecule has 0 aromatic heterocycles. The monoisotopic (exact) mass is 183 g/mol. The summed E-state index contributed by atoms with van der Waals surface area (Å²) in [6.45, 7) is 0.465. The van der Waals surface area contributed by atoms with Crippen molar-refractivity contribution in [3.8, 4) is 0 Å². The molecule has 1 spiro atoms. The van der Waals surface area contributed by atoms with E-state index in [4.69, 9.17) is 5.73 Å². The Hall–Kier alpha value is -0.0800. The lowest BCUT2D eigenvalue weighted by atomic mass is 9.65. The zero-order valence-electron chi connectivity index (χ0n) is 8.39. The number of aliphatic hydroxyl groups is 1. The van der Waals surface area contributed by atoms with Crippen molar-refractivity contribution in [2.75, 3.05) is 6.54 Å². The van der Waals surface area contributed by atoms with Crippen molar-refractivity contribution >= 4 is 0 Å². The van der Waals surface area contributed by atoms with E-state index in [1.165, 1.54) is 44.9 Å². The van der Waals surface area contributed by atoms with Gasteiger partial charge in [-0.05, 0) is 32.1 Å². The first kappa shape index (κ1) is 9.47. The van der Waals surface area contributed by atoms with E-state index in [0.29, 0.717) is 6.54 Å². The SMILES string of the molecule is NCC1(O)CCCC12CCCCC2. The fourth-order valence-corrected chi connectivity index (χ4v) is 3.48. The second kappa shape index (κ2) is 3.25. The van der Waals surface area contributed by atoms with Gasteiger partial charge in [-0.1, -0.05) is 19.3 Å². The van der Waals surface area contributed by atoms with E-state index >= 15 is 0 Å². The van der Waals surface area contributed by atoms with E-state index in [1.54, 1.807) is 0 Å². The van der Waals surface area contributed by atoms with Crippen LogP contribution in [0.15, 0.2) is 0 Å². The maximum absolute atomic E-state index is 10.5. The van der Waals surface area contributed by atoms with Crippen LogP contribution in [0.3, 0.4) is 0 Å². The molecule has 2 rings (SSSR count). The predicted molar refractivity (Wildman–Crippen MR) is 53.4 cm³/mol. The summed E-state index contributed by atoms with van der Waals surface area (Å²) < 4.78 is 0. The number of hydrogen-bond donors (Lipinski definition) is 2. The Balaban J connectivity index is 2.18. The minimum Gasteiger partial charge on any atom is -0.388 e. The van der Waals surface area contributed by atoms with Crippen LogP contribution in [0.4, 0.5) is 0 Å². The molecule has 1 atom stereocenters. The molecule has 2 heteroatoms. The van der Waals surface area contributed by atoms with Crippen LogP contribution in [0.2, 0.25) is 0 Å². The van der Waals surface area contributed by atoms with Crippen molar-refractivity contribution < 1.29 is 5.11 Å². The van der Waals surface area contributed by atoms with Crippen molar-refractivity contribution in [1.82, 2.24) is 0 Å². The van der Waals surface area contributed by atoms with Gasteiger partial charge in [0.25, 0.3) is 0 Å². The van der Waals surface area contributed by atoms with Crippen LogP contribution in [-0.2, 0) is 0 Å². The van der Waals surface area contributed by atoms with Gasteiger partial charge in [0.05, 0.1) is 5.60 Å². The van der Waals surface area contributed by atoms with Crippen molar-refractivity contribution in [3.63, 3.8) is 0 Å². The number of nitrogens with two attached hydrogens (primary N) is 1. The largest absolute Gasteiger partial charge is 0.388 e. The van der Waals surface area contributed by atoms with Crippen molar-refractivity contribution in [2.45, 2.75) is 57.0 Å². The molecule has 0 amide bonds.